The number of rotatable bonds is 4. The maximum Gasteiger partial charge on any atom is 0.0391 e. The van der Waals surface area contributed by atoms with Gasteiger partial charge in [-0.1, -0.05) is 12.1 Å². The summed E-state index contributed by atoms with van der Waals surface area (Å²) in [6, 6.07) is 4.14. The van der Waals surface area contributed by atoms with Crippen LogP contribution in [0.5, 0.6) is 0 Å². The van der Waals surface area contributed by atoms with Gasteiger partial charge in [0.15, 0.2) is 0 Å². The second-order valence-corrected chi connectivity index (χ2v) is 3.44. The van der Waals surface area contributed by atoms with Gasteiger partial charge in [0.1, 0.15) is 0 Å². The highest BCUT2D eigenvalue weighted by Crippen LogP contribution is 2.23. The fraction of sp³-hybridized carbons (Fsp3) is 0.333. The van der Waals surface area contributed by atoms with Crippen molar-refractivity contribution in [2.75, 3.05) is 18.1 Å². The summed E-state index contributed by atoms with van der Waals surface area (Å²) in [6.45, 7) is 5.76. The zero-order valence-electron chi connectivity index (χ0n) is 8.93. The largest absolute Gasteiger partial charge is 0.398 e. The fourth-order valence-electron chi connectivity index (χ4n) is 1.48. The van der Waals surface area contributed by atoms with Gasteiger partial charge < -0.3 is 11.1 Å². The summed E-state index contributed by atoms with van der Waals surface area (Å²) in [6.07, 6.45) is 3.95. The van der Waals surface area contributed by atoms with E-state index in [1.165, 1.54) is 5.56 Å². The minimum Gasteiger partial charge on any atom is -0.398 e. The van der Waals surface area contributed by atoms with Crippen LogP contribution in [-0.2, 0) is 6.42 Å². The number of hydrogen-bond acceptors (Lipinski definition) is 2. The van der Waals surface area contributed by atoms with Gasteiger partial charge >= 0.3 is 0 Å². The molecule has 0 unspecified atom stereocenters. The van der Waals surface area contributed by atoms with Crippen molar-refractivity contribution in [1.29, 1.82) is 0 Å². The van der Waals surface area contributed by atoms with E-state index in [0.29, 0.717) is 0 Å². The minimum atomic E-state index is 0.844. The first kappa shape index (κ1) is 10.6. The van der Waals surface area contributed by atoms with Gasteiger partial charge in [-0.2, -0.15) is 0 Å². The van der Waals surface area contributed by atoms with Crippen molar-refractivity contribution in [2.24, 2.45) is 0 Å². The Morgan fingerprint density at radius 2 is 2.21 bits per heavy atom. The molecule has 0 heterocycles. The Labute approximate surface area is 85.8 Å². The first-order valence-corrected chi connectivity index (χ1v) is 4.86. The highest BCUT2D eigenvalue weighted by atomic mass is 14.8. The van der Waals surface area contributed by atoms with Gasteiger partial charge in [0.2, 0.25) is 0 Å². The zero-order valence-corrected chi connectivity index (χ0v) is 8.93. The zero-order chi connectivity index (χ0) is 10.6. The summed E-state index contributed by atoms with van der Waals surface area (Å²) in [5.74, 6) is 0. The van der Waals surface area contributed by atoms with Gasteiger partial charge in [0.05, 0.1) is 0 Å². The van der Waals surface area contributed by atoms with E-state index in [0.717, 1.165) is 29.8 Å². The molecule has 3 N–H and O–H groups in total. The molecule has 0 bridgehead atoms. The highest BCUT2D eigenvalue weighted by molar-refractivity contribution is 5.63. The molecule has 0 aliphatic rings. The molecule has 14 heavy (non-hydrogen) atoms. The van der Waals surface area contributed by atoms with Crippen molar-refractivity contribution in [3.63, 3.8) is 0 Å². The number of nitrogens with two attached hydrogens (primary N) is 1. The van der Waals surface area contributed by atoms with Crippen LogP contribution in [0.4, 0.5) is 11.4 Å². The number of aryl methyl sites for hydroxylation is 2. The smallest absolute Gasteiger partial charge is 0.0391 e. The first-order chi connectivity index (χ1) is 6.69. The molecule has 76 valence electrons. The molecular weight excluding hydrogens is 172 g/mol. The number of anilines is 2. The molecule has 0 atom stereocenters. The summed E-state index contributed by atoms with van der Waals surface area (Å²) in [7, 11) is 1.92. The Bertz CT molecular complexity index is 329. The van der Waals surface area contributed by atoms with E-state index in [2.05, 4.69) is 18.0 Å². The van der Waals surface area contributed by atoms with Crippen LogP contribution in [0.3, 0.4) is 0 Å². The summed E-state index contributed by atoms with van der Waals surface area (Å²) in [5, 5.41) is 3.16. The van der Waals surface area contributed by atoms with Crippen molar-refractivity contribution in [3.05, 3.63) is 35.9 Å². The molecule has 0 spiro atoms. The molecule has 0 saturated carbocycles. The molecule has 1 aromatic carbocycles. The molecule has 2 heteroatoms. The summed E-state index contributed by atoms with van der Waals surface area (Å²) in [5.41, 5.74) is 10.2. The van der Waals surface area contributed by atoms with Crippen LogP contribution in [-0.4, -0.2) is 7.05 Å². The maximum atomic E-state index is 5.83. The highest BCUT2D eigenvalue weighted by Gasteiger charge is 2.03. The Balaban J connectivity index is 3.00. The first-order valence-electron chi connectivity index (χ1n) is 4.86. The molecule has 0 fully saturated rings. The van der Waals surface area contributed by atoms with Crippen LogP contribution >= 0.6 is 0 Å². The lowest BCUT2D eigenvalue weighted by molar-refractivity contribution is 1.00. The summed E-state index contributed by atoms with van der Waals surface area (Å²) >= 11 is 0. The van der Waals surface area contributed by atoms with E-state index < -0.39 is 0 Å². The van der Waals surface area contributed by atoms with E-state index in [-0.39, 0.29) is 0 Å². The van der Waals surface area contributed by atoms with Crippen molar-refractivity contribution in [1.82, 2.24) is 0 Å². The predicted molar refractivity (Wildman–Crippen MR) is 63.7 cm³/mol. The number of nitrogens with one attached hydrogen (secondary N) is 1. The average Bonchev–Trinajstić information content (AvgIpc) is 2.19. The van der Waals surface area contributed by atoms with Crippen LogP contribution in [0.15, 0.2) is 24.8 Å². The third kappa shape index (κ3) is 2.28. The topological polar surface area (TPSA) is 38.0 Å². The molecule has 2 nitrogen and oxygen atoms in total. The molecule has 0 radical (unpaired) electrons. The van der Waals surface area contributed by atoms with Crippen LogP contribution in [0.2, 0.25) is 0 Å². The second kappa shape index (κ2) is 4.70. The third-order valence-electron chi connectivity index (χ3n) is 2.38. The van der Waals surface area contributed by atoms with Crippen molar-refractivity contribution < 1.29 is 0 Å². The number of hydrogen-bond donors (Lipinski definition) is 2. The standard InChI is InChI=1S/C12H18N2/c1-4-5-6-10-7-9(2)11(13)8-12(10)14-3/h4,7-8,14H,1,5-6,13H2,2-3H3. The Morgan fingerprint density at radius 3 is 2.79 bits per heavy atom. The van der Waals surface area contributed by atoms with Gasteiger partial charge in [-0.25, -0.2) is 0 Å². The van der Waals surface area contributed by atoms with Gasteiger partial charge in [-0.05, 0) is 37.0 Å². The monoisotopic (exact) mass is 190 g/mol. The van der Waals surface area contributed by atoms with Gasteiger partial charge in [0, 0.05) is 18.4 Å². The van der Waals surface area contributed by atoms with Crippen LogP contribution < -0.4 is 11.1 Å². The van der Waals surface area contributed by atoms with E-state index >= 15 is 0 Å². The number of nitrogen functional groups attached to an aromatic ring is 1. The fourth-order valence-corrected chi connectivity index (χ4v) is 1.48. The quantitative estimate of drug-likeness (QED) is 0.566. The summed E-state index contributed by atoms with van der Waals surface area (Å²) in [4.78, 5) is 0. The van der Waals surface area contributed by atoms with Crippen molar-refractivity contribution in [2.45, 2.75) is 19.8 Å². The van der Waals surface area contributed by atoms with Crippen LogP contribution in [0.1, 0.15) is 17.5 Å². The van der Waals surface area contributed by atoms with E-state index in [1.54, 1.807) is 0 Å². The van der Waals surface area contributed by atoms with E-state index in [1.807, 2.05) is 26.1 Å². The molecule has 0 aromatic heterocycles. The molecule has 0 saturated heterocycles. The lowest BCUT2D eigenvalue weighted by Crippen LogP contribution is -1.99. The van der Waals surface area contributed by atoms with E-state index in [9.17, 15) is 0 Å². The molecule has 0 amide bonds. The molecule has 0 aliphatic carbocycles. The Hall–Kier alpha value is -1.44. The van der Waals surface area contributed by atoms with Crippen molar-refractivity contribution in [3.8, 4) is 0 Å². The normalized spacial score (nSPS) is 9.86. The SMILES string of the molecule is C=CCCc1cc(C)c(N)cc1NC. The van der Waals surface area contributed by atoms with Gasteiger partial charge in [0.25, 0.3) is 0 Å². The number of allylic oxidation sites excluding steroid dienone is 1. The molecule has 1 aromatic rings. The predicted octanol–water partition coefficient (Wildman–Crippen LogP) is 2.74. The third-order valence-corrected chi connectivity index (χ3v) is 2.38. The molecular formula is C12H18N2. The van der Waals surface area contributed by atoms with E-state index in [4.69, 9.17) is 5.73 Å². The average molecular weight is 190 g/mol. The molecule has 1 rings (SSSR count). The lowest BCUT2D eigenvalue weighted by atomic mass is 10.0. The number of benzene rings is 1. The summed E-state index contributed by atoms with van der Waals surface area (Å²) < 4.78 is 0. The lowest BCUT2D eigenvalue weighted by Gasteiger charge is -2.11. The Kier molecular flexibility index (Phi) is 3.57. The maximum absolute atomic E-state index is 5.83. The van der Waals surface area contributed by atoms with Crippen molar-refractivity contribution >= 4 is 11.4 Å². The Morgan fingerprint density at radius 1 is 1.50 bits per heavy atom. The van der Waals surface area contributed by atoms with Gasteiger partial charge in [-0.15, -0.1) is 6.58 Å². The second-order valence-electron chi connectivity index (χ2n) is 3.44. The van der Waals surface area contributed by atoms with Crippen LogP contribution in [0, 0.1) is 6.92 Å². The molecule has 0 aliphatic heterocycles. The minimum absolute atomic E-state index is 0.844. The van der Waals surface area contributed by atoms with Gasteiger partial charge in [-0.3, -0.25) is 0 Å². The van der Waals surface area contributed by atoms with Crippen LogP contribution in [0.25, 0.3) is 0 Å².